The molecule has 0 bridgehead atoms. The first-order valence-corrected chi connectivity index (χ1v) is 6.21. The molecule has 0 saturated carbocycles. The van der Waals surface area contributed by atoms with Gasteiger partial charge < -0.3 is 10.4 Å². The van der Waals surface area contributed by atoms with E-state index in [2.05, 4.69) is 10.3 Å². The van der Waals surface area contributed by atoms with Gasteiger partial charge in [0.2, 0.25) is 0 Å². The molecule has 0 fully saturated rings. The number of aromatic nitrogens is 1. The summed E-state index contributed by atoms with van der Waals surface area (Å²) in [5, 5.41) is 22.5. The molecule has 0 aliphatic heterocycles. The van der Waals surface area contributed by atoms with Gasteiger partial charge in [0.25, 0.3) is 5.69 Å². The zero-order valence-electron chi connectivity index (χ0n) is 10.6. The number of carboxylic acid groups (broad SMARTS) is 1. The zero-order chi connectivity index (χ0) is 15.4. The number of nitrogens with zero attached hydrogens (tertiary/aromatic N) is 2. The van der Waals surface area contributed by atoms with Crippen LogP contribution in [-0.4, -0.2) is 21.0 Å². The summed E-state index contributed by atoms with van der Waals surface area (Å²) in [6.07, 6.45) is 1.20. The van der Waals surface area contributed by atoms with E-state index in [0.29, 0.717) is 12.4 Å². The van der Waals surface area contributed by atoms with Crippen molar-refractivity contribution in [2.45, 2.75) is 6.54 Å². The van der Waals surface area contributed by atoms with Crippen LogP contribution in [0.15, 0.2) is 36.5 Å². The van der Waals surface area contributed by atoms with Gasteiger partial charge in [-0.15, -0.1) is 0 Å². The van der Waals surface area contributed by atoms with Gasteiger partial charge in [-0.25, -0.2) is 9.78 Å². The molecule has 0 saturated heterocycles. The summed E-state index contributed by atoms with van der Waals surface area (Å²) in [5.41, 5.74) is 0.822. The van der Waals surface area contributed by atoms with Crippen LogP contribution in [0.25, 0.3) is 0 Å². The molecule has 1 aromatic carbocycles. The number of aromatic carboxylic acids is 1. The Kier molecular flexibility index (Phi) is 4.34. The van der Waals surface area contributed by atoms with Crippen molar-refractivity contribution in [1.29, 1.82) is 0 Å². The predicted octanol–water partition coefficient (Wildman–Crippen LogP) is 2.95. The molecule has 1 heterocycles. The zero-order valence-corrected chi connectivity index (χ0v) is 11.4. The number of hydrogen-bond acceptors (Lipinski definition) is 5. The quantitative estimate of drug-likeness (QED) is 0.650. The van der Waals surface area contributed by atoms with Gasteiger partial charge in [-0.05, 0) is 11.6 Å². The SMILES string of the molecule is O=C(O)c1cnc(NCc2ccc([N+](=O)[O-])cc2)c(Cl)c1. The first-order chi connectivity index (χ1) is 9.97. The third-order valence-electron chi connectivity index (χ3n) is 2.70. The fourth-order valence-electron chi connectivity index (χ4n) is 1.61. The number of carbonyl (C=O) groups is 1. The van der Waals surface area contributed by atoms with Crippen molar-refractivity contribution in [2.75, 3.05) is 5.32 Å². The van der Waals surface area contributed by atoms with Gasteiger partial charge >= 0.3 is 5.97 Å². The van der Waals surface area contributed by atoms with Crippen molar-refractivity contribution >= 4 is 29.1 Å². The third-order valence-corrected chi connectivity index (χ3v) is 2.98. The van der Waals surface area contributed by atoms with Crippen molar-refractivity contribution in [1.82, 2.24) is 4.98 Å². The summed E-state index contributed by atoms with van der Waals surface area (Å²) < 4.78 is 0. The van der Waals surface area contributed by atoms with Crippen LogP contribution in [0.1, 0.15) is 15.9 Å². The number of nitrogens with one attached hydrogen (secondary N) is 1. The molecule has 0 aliphatic rings. The predicted molar refractivity (Wildman–Crippen MR) is 76.6 cm³/mol. The molecule has 0 atom stereocenters. The van der Waals surface area contributed by atoms with Crippen LogP contribution in [0, 0.1) is 10.1 Å². The normalized spacial score (nSPS) is 10.1. The van der Waals surface area contributed by atoms with Gasteiger partial charge in [0, 0.05) is 24.9 Å². The molecule has 0 aliphatic carbocycles. The molecule has 8 heteroatoms. The Labute approximate surface area is 124 Å². The lowest BCUT2D eigenvalue weighted by molar-refractivity contribution is -0.384. The summed E-state index contributed by atoms with van der Waals surface area (Å²) in [7, 11) is 0. The largest absolute Gasteiger partial charge is 0.478 e. The van der Waals surface area contributed by atoms with Crippen LogP contribution < -0.4 is 5.32 Å². The second kappa shape index (κ2) is 6.19. The van der Waals surface area contributed by atoms with E-state index in [0.717, 1.165) is 5.56 Å². The van der Waals surface area contributed by atoms with Gasteiger partial charge in [-0.3, -0.25) is 10.1 Å². The maximum absolute atomic E-state index is 10.8. The Morgan fingerprint density at radius 3 is 2.57 bits per heavy atom. The van der Waals surface area contributed by atoms with E-state index in [1.807, 2.05) is 0 Å². The Hall–Kier alpha value is -2.67. The standard InChI is InChI=1S/C13H10ClN3O4/c14-11-5-9(13(18)19)7-16-12(11)15-6-8-1-3-10(4-2-8)17(20)21/h1-5,7H,6H2,(H,15,16)(H,18,19). The first kappa shape index (κ1) is 14.7. The van der Waals surface area contributed by atoms with Crippen molar-refractivity contribution in [3.8, 4) is 0 Å². The summed E-state index contributed by atoms with van der Waals surface area (Å²) >= 11 is 5.93. The number of anilines is 1. The number of pyridine rings is 1. The molecule has 2 N–H and O–H groups in total. The van der Waals surface area contributed by atoms with Crippen LogP contribution in [0.5, 0.6) is 0 Å². The van der Waals surface area contributed by atoms with Gasteiger partial charge in [-0.2, -0.15) is 0 Å². The van der Waals surface area contributed by atoms with Gasteiger partial charge in [-0.1, -0.05) is 23.7 Å². The summed E-state index contributed by atoms with van der Waals surface area (Å²) in [4.78, 5) is 24.8. The van der Waals surface area contributed by atoms with E-state index in [9.17, 15) is 14.9 Å². The fourth-order valence-corrected chi connectivity index (χ4v) is 1.84. The van der Waals surface area contributed by atoms with Crippen molar-refractivity contribution in [3.05, 3.63) is 62.8 Å². The lowest BCUT2D eigenvalue weighted by Crippen LogP contribution is -2.04. The highest BCUT2D eigenvalue weighted by molar-refractivity contribution is 6.33. The molecule has 7 nitrogen and oxygen atoms in total. The number of nitro groups is 1. The Morgan fingerprint density at radius 2 is 2.05 bits per heavy atom. The highest BCUT2D eigenvalue weighted by atomic mass is 35.5. The van der Waals surface area contributed by atoms with Gasteiger partial charge in [0.05, 0.1) is 15.5 Å². The van der Waals surface area contributed by atoms with Crippen molar-refractivity contribution < 1.29 is 14.8 Å². The van der Waals surface area contributed by atoms with E-state index < -0.39 is 10.9 Å². The number of nitro benzene ring substituents is 1. The second-order valence-electron chi connectivity index (χ2n) is 4.14. The van der Waals surface area contributed by atoms with Crippen LogP contribution in [-0.2, 0) is 6.54 Å². The van der Waals surface area contributed by atoms with Gasteiger partial charge in [0.1, 0.15) is 5.82 Å². The van der Waals surface area contributed by atoms with Crippen LogP contribution >= 0.6 is 11.6 Å². The molecule has 2 rings (SSSR count). The smallest absolute Gasteiger partial charge is 0.337 e. The van der Waals surface area contributed by atoms with Gasteiger partial charge in [0.15, 0.2) is 0 Å². The molecule has 108 valence electrons. The number of rotatable bonds is 5. The average molecular weight is 308 g/mol. The Bertz CT molecular complexity index is 688. The average Bonchev–Trinajstić information content (AvgIpc) is 2.46. The molecule has 1 aromatic heterocycles. The fraction of sp³-hybridized carbons (Fsp3) is 0.0769. The third kappa shape index (κ3) is 3.67. The lowest BCUT2D eigenvalue weighted by Gasteiger charge is -2.08. The monoisotopic (exact) mass is 307 g/mol. The molecular formula is C13H10ClN3O4. The minimum Gasteiger partial charge on any atom is -0.478 e. The van der Waals surface area contributed by atoms with Crippen LogP contribution in [0.4, 0.5) is 11.5 Å². The van der Waals surface area contributed by atoms with E-state index in [1.54, 1.807) is 12.1 Å². The topological polar surface area (TPSA) is 105 Å². The van der Waals surface area contributed by atoms with Crippen molar-refractivity contribution in [3.63, 3.8) is 0 Å². The summed E-state index contributed by atoms with van der Waals surface area (Å²) in [5.74, 6) is -0.758. The summed E-state index contributed by atoms with van der Waals surface area (Å²) in [6, 6.07) is 7.34. The molecular weight excluding hydrogens is 298 g/mol. The van der Waals surface area contributed by atoms with E-state index in [-0.39, 0.29) is 16.3 Å². The molecule has 21 heavy (non-hydrogen) atoms. The second-order valence-corrected chi connectivity index (χ2v) is 4.54. The Morgan fingerprint density at radius 1 is 1.38 bits per heavy atom. The Balaban J connectivity index is 2.06. The number of carboxylic acids is 1. The number of halogens is 1. The first-order valence-electron chi connectivity index (χ1n) is 5.83. The summed E-state index contributed by atoms with van der Waals surface area (Å²) in [6.45, 7) is 0.358. The highest BCUT2D eigenvalue weighted by Crippen LogP contribution is 2.21. The molecule has 0 unspecified atom stereocenters. The van der Waals surface area contributed by atoms with E-state index >= 15 is 0 Å². The number of non-ortho nitro benzene ring substituents is 1. The molecule has 0 radical (unpaired) electrons. The number of hydrogen-bond donors (Lipinski definition) is 2. The highest BCUT2D eigenvalue weighted by Gasteiger charge is 2.09. The van der Waals surface area contributed by atoms with E-state index in [1.165, 1.54) is 24.4 Å². The van der Waals surface area contributed by atoms with Crippen molar-refractivity contribution in [2.24, 2.45) is 0 Å². The maximum Gasteiger partial charge on any atom is 0.337 e. The molecule has 0 spiro atoms. The minimum atomic E-state index is -1.11. The molecule has 0 amide bonds. The lowest BCUT2D eigenvalue weighted by atomic mass is 10.2. The van der Waals surface area contributed by atoms with Crippen LogP contribution in [0.3, 0.4) is 0 Å². The maximum atomic E-state index is 10.8. The molecule has 2 aromatic rings. The minimum absolute atomic E-state index is 0.000820. The number of benzene rings is 1. The van der Waals surface area contributed by atoms with Crippen LogP contribution in [0.2, 0.25) is 5.02 Å². The van der Waals surface area contributed by atoms with E-state index in [4.69, 9.17) is 16.7 Å².